The van der Waals surface area contributed by atoms with Crippen LogP contribution in [0.15, 0.2) is 29.3 Å². The third kappa shape index (κ3) is 4.95. The molecule has 0 bridgehead atoms. The molecule has 1 amide bonds. The first-order chi connectivity index (χ1) is 12.4. The summed E-state index contributed by atoms with van der Waals surface area (Å²) in [7, 11) is 0. The molecule has 7 nitrogen and oxygen atoms in total. The van der Waals surface area contributed by atoms with Gasteiger partial charge in [-0.3, -0.25) is 4.99 Å². The SMILES string of the molecule is CC(C)(C)OC(=O)N1C=NCC1OCc1cccc(N2CCOCC2)c1. The molecule has 1 atom stereocenters. The zero-order chi connectivity index (χ0) is 18.6. The number of benzene rings is 1. The Morgan fingerprint density at radius 2 is 2.08 bits per heavy atom. The predicted octanol–water partition coefficient (Wildman–Crippen LogP) is 2.64. The van der Waals surface area contributed by atoms with Crippen molar-refractivity contribution in [1.82, 2.24) is 4.90 Å². The van der Waals surface area contributed by atoms with Crippen LogP contribution in [0.2, 0.25) is 0 Å². The topological polar surface area (TPSA) is 63.6 Å². The molecule has 26 heavy (non-hydrogen) atoms. The maximum absolute atomic E-state index is 12.3. The van der Waals surface area contributed by atoms with Crippen molar-refractivity contribution in [2.75, 3.05) is 37.7 Å². The minimum absolute atomic E-state index is 0.408. The van der Waals surface area contributed by atoms with Gasteiger partial charge in [0, 0.05) is 18.8 Å². The van der Waals surface area contributed by atoms with Gasteiger partial charge in [-0.15, -0.1) is 0 Å². The van der Waals surface area contributed by atoms with E-state index in [2.05, 4.69) is 22.0 Å². The number of nitrogens with zero attached hydrogens (tertiary/aromatic N) is 3. The maximum atomic E-state index is 12.3. The summed E-state index contributed by atoms with van der Waals surface area (Å²) in [6.45, 7) is 9.64. The Hall–Kier alpha value is -2.12. The number of carbonyl (C=O) groups is 1. The summed E-state index contributed by atoms with van der Waals surface area (Å²) in [6.07, 6.45) is 0.616. The molecule has 7 heteroatoms. The van der Waals surface area contributed by atoms with Gasteiger partial charge >= 0.3 is 6.09 Å². The molecule has 1 unspecified atom stereocenters. The molecule has 0 radical (unpaired) electrons. The van der Waals surface area contributed by atoms with Crippen molar-refractivity contribution in [3.05, 3.63) is 29.8 Å². The Morgan fingerprint density at radius 3 is 2.81 bits per heavy atom. The molecule has 1 fully saturated rings. The summed E-state index contributed by atoms with van der Waals surface area (Å²) in [4.78, 5) is 20.1. The van der Waals surface area contributed by atoms with E-state index in [0.29, 0.717) is 13.2 Å². The van der Waals surface area contributed by atoms with Gasteiger partial charge in [0.05, 0.1) is 32.7 Å². The molecular weight excluding hydrogens is 334 g/mol. The van der Waals surface area contributed by atoms with Gasteiger partial charge in [0.25, 0.3) is 0 Å². The van der Waals surface area contributed by atoms with Crippen LogP contribution in [0.4, 0.5) is 10.5 Å². The Morgan fingerprint density at radius 1 is 1.31 bits per heavy atom. The van der Waals surface area contributed by atoms with Crippen molar-refractivity contribution in [3.63, 3.8) is 0 Å². The molecule has 142 valence electrons. The van der Waals surface area contributed by atoms with E-state index in [1.54, 1.807) is 0 Å². The van der Waals surface area contributed by atoms with Gasteiger partial charge in [0.2, 0.25) is 0 Å². The number of ether oxygens (including phenoxy) is 3. The number of carbonyl (C=O) groups excluding carboxylic acids is 1. The summed E-state index contributed by atoms with van der Waals surface area (Å²) in [5, 5.41) is 0. The summed E-state index contributed by atoms with van der Waals surface area (Å²) in [5.41, 5.74) is 1.68. The molecule has 1 aromatic carbocycles. The zero-order valence-corrected chi connectivity index (χ0v) is 15.7. The van der Waals surface area contributed by atoms with E-state index in [-0.39, 0.29) is 0 Å². The average Bonchev–Trinajstić information content (AvgIpc) is 3.08. The van der Waals surface area contributed by atoms with Gasteiger partial charge in [-0.1, -0.05) is 12.1 Å². The number of hydrogen-bond donors (Lipinski definition) is 0. The van der Waals surface area contributed by atoms with Crippen molar-refractivity contribution < 1.29 is 19.0 Å². The minimum atomic E-state index is -0.551. The molecule has 2 aliphatic heterocycles. The molecule has 2 aliphatic rings. The molecule has 0 aliphatic carbocycles. The molecular formula is C19H27N3O4. The first-order valence-corrected chi connectivity index (χ1v) is 8.97. The molecule has 0 aromatic heterocycles. The lowest BCUT2D eigenvalue weighted by Crippen LogP contribution is -2.42. The van der Waals surface area contributed by atoms with E-state index in [4.69, 9.17) is 14.2 Å². The lowest BCUT2D eigenvalue weighted by Gasteiger charge is -2.29. The number of anilines is 1. The lowest BCUT2D eigenvalue weighted by atomic mass is 10.2. The molecule has 2 heterocycles. The third-order valence-corrected chi connectivity index (χ3v) is 4.11. The Kier molecular flexibility index (Phi) is 5.78. The highest BCUT2D eigenvalue weighted by Gasteiger charge is 2.30. The fourth-order valence-electron chi connectivity index (χ4n) is 2.86. The van der Waals surface area contributed by atoms with Gasteiger partial charge in [-0.2, -0.15) is 0 Å². The highest BCUT2D eigenvalue weighted by Crippen LogP contribution is 2.20. The smallest absolute Gasteiger partial charge is 0.417 e. The van der Waals surface area contributed by atoms with E-state index >= 15 is 0 Å². The van der Waals surface area contributed by atoms with Crippen LogP contribution >= 0.6 is 0 Å². The van der Waals surface area contributed by atoms with Crippen LogP contribution in [0.5, 0.6) is 0 Å². The van der Waals surface area contributed by atoms with Crippen LogP contribution in [0.1, 0.15) is 26.3 Å². The van der Waals surface area contributed by atoms with Crippen molar-refractivity contribution >= 4 is 18.1 Å². The molecule has 0 N–H and O–H groups in total. The van der Waals surface area contributed by atoms with Crippen LogP contribution < -0.4 is 4.90 Å². The van der Waals surface area contributed by atoms with E-state index in [9.17, 15) is 4.79 Å². The van der Waals surface area contributed by atoms with Crippen molar-refractivity contribution in [1.29, 1.82) is 0 Å². The van der Waals surface area contributed by atoms with Gasteiger partial charge in [0.1, 0.15) is 5.60 Å². The maximum Gasteiger partial charge on any atom is 0.417 e. The molecule has 0 spiro atoms. The van der Waals surface area contributed by atoms with E-state index in [1.807, 2.05) is 32.9 Å². The second kappa shape index (κ2) is 8.05. The molecule has 0 saturated carbocycles. The van der Waals surface area contributed by atoms with Crippen molar-refractivity contribution in [2.45, 2.75) is 39.2 Å². The van der Waals surface area contributed by atoms with Crippen LogP contribution in [-0.4, -0.2) is 62.0 Å². The van der Waals surface area contributed by atoms with Crippen molar-refractivity contribution in [2.24, 2.45) is 4.99 Å². The number of amides is 1. The standard InChI is InChI=1S/C19H27N3O4/c1-19(2,3)26-18(23)22-14-20-12-17(22)25-13-15-5-4-6-16(11-15)21-7-9-24-10-8-21/h4-6,11,14,17H,7-10,12-13H2,1-3H3. The number of aliphatic imine (C=N–C) groups is 1. The predicted molar refractivity (Wildman–Crippen MR) is 99.5 cm³/mol. The monoisotopic (exact) mass is 361 g/mol. The number of morpholine rings is 1. The summed E-state index contributed by atoms with van der Waals surface area (Å²) in [6, 6.07) is 8.28. The van der Waals surface area contributed by atoms with E-state index < -0.39 is 17.9 Å². The number of rotatable bonds is 4. The highest BCUT2D eigenvalue weighted by atomic mass is 16.6. The van der Waals surface area contributed by atoms with Gasteiger partial charge in [0.15, 0.2) is 6.23 Å². The second-order valence-electron chi connectivity index (χ2n) is 7.40. The summed E-state index contributed by atoms with van der Waals surface area (Å²) >= 11 is 0. The van der Waals surface area contributed by atoms with E-state index in [1.165, 1.54) is 16.9 Å². The largest absolute Gasteiger partial charge is 0.443 e. The normalized spacial score (nSPS) is 20.5. The molecule has 3 rings (SSSR count). The third-order valence-electron chi connectivity index (χ3n) is 4.11. The second-order valence-corrected chi connectivity index (χ2v) is 7.40. The fourth-order valence-corrected chi connectivity index (χ4v) is 2.86. The van der Waals surface area contributed by atoms with Gasteiger partial charge < -0.3 is 19.1 Å². The van der Waals surface area contributed by atoms with Crippen LogP contribution in [0, 0.1) is 0 Å². The minimum Gasteiger partial charge on any atom is -0.443 e. The fraction of sp³-hybridized carbons (Fsp3) is 0.579. The van der Waals surface area contributed by atoms with Crippen LogP contribution in [0.3, 0.4) is 0 Å². The Balaban J connectivity index is 1.57. The van der Waals surface area contributed by atoms with Crippen molar-refractivity contribution in [3.8, 4) is 0 Å². The van der Waals surface area contributed by atoms with Crippen LogP contribution in [0.25, 0.3) is 0 Å². The molecule has 1 saturated heterocycles. The summed E-state index contributed by atoms with van der Waals surface area (Å²) in [5.74, 6) is 0. The Bertz CT molecular complexity index is 650. The Labute approximate surface area is 154 Å². The lowest BCUT2D eigenvalue weighted by molar-refractivity contribution is -0.0349. The average molecular weight is 361 g/mol. The van der Waals surface area contributed by atoms with Gasteiger partial charge in [-0.25, -0.2) is 9.69 Å². The first kappa shape index (κ1) is 18.7. The van der Waals surface area contributed by atoms with E-state index in [0.717, 1.165) is 31.9 Å². The van der Waals surface area contributed by atoms with Gasteiger partial charge in [-0.05, 0) is 38.5 Å². The zero-order valence-electron chi connectivity index (χ0n) is 15.7. The highest BCUT2D eigenvalue weighted by molar-refractivity contribution is 5.84. The van der Waals surface area contributed by atoms with Crippen LogP contribution in [-0.2, 0) is 20.8 Å². The number of hydrogen-bond acceptors (Lipinski definition) is 6. The summed E-state index contributed by atoms with van der Waals surface area (Å²) < 4.78 is 16.7. The first-order valence-electron chi connectivity index (χ1n) is 8.97. The quantitative estimate of drug-likeness (QED) is 0.825. The molecule has 1 aromatic rings.